The number of methoxy groups -OCH3 is 1. The summed E-state index contributed by atoms with van der Waals surface area (Å²) in [5, 5.41) is 2.27. The first-order valence-electron chi connectivity index (χ1n) is 8.88. The van der Waals surface area contributed by atoms with Crippen LogP contribution in [0.4, 0.5) is 5.82 Å². The van der Waals surface area contributed by atoms with Gasteiger partial charge in [-0.25, -0.2) is 14.8 Å². The Balaban J connectivity index is 1.64. The molecule has 1 atom stereocenters. The zero-order valence-corrected chi connectivity index (χ0v) is 15.5. The lowest BCUT2D eigenvalue weighted by atomic mass is 10.0. The molecule has 1 fully saturated rings. The first-order chi connectivity index (χ1) is 13.9. The van der Waals surface area contributed by atoms with Crippen LogP contribution in [0.2, 0.25) is 0 Å². The van der Waals surface area contributed by atoms with E-state index in [1.165, 1.54) is 18.2 Å². The Hall–Kier alpha value is -3.82. The van der Waals surface area contributed by atoms with Crippen LogP contribution in [-0.2, 0) is 20.9 Å². The SMILES string of the molecule is COC(=O)c1nc(-c2ccc3c(c2)CN(C2CCC(=O)NC2=O)C3=O)cnc1N. The van der Waals surface area contributed by atoms with Gasteiger partial charge in [-0.15, -0.1) is 0 Å². The standard InChI is InChI=1S/C19H17N5O5/c1-29-19(28)15-16(20)21-7-12(22-15)9-2-3-11-10(6-9)8-24(18(11)27)13-4-5-14(25)23-17(13)26/h2-3,6-7,13H,4-5,8H2,1H3,(H2,20,21)(H,23,25,26). The van der Waals surface area contributed by atoms with E-state index >= 15 is 0 Å². The van der Waals surface area contributed by atoms with Crippen molar-refractivity contribution in [3.05, 3.63) is 41.2 Å². The van der Waals surface area contributed by atoms with Gasteiger partial charge in [-0.1, -0.05) is 6.07 Å². The van der Waals surface area contributed by atoms with Crippen molar-refractivity contribution in [2.45, 2.75) is 25.4 Å². The molecule has 1 aromatic heterocycles. The maximum absolute atomic E-state index is 12.8. The first-order valence-corrected chi connectivity index (χ1v) is 8.88. The Morgan fingerprint density at radius 2 is 2.10 bits per heavy atom. The van der Waals surface area contributed by atoms with Crippen molar-refractivity contribution < 1.29 is 23.9 Å². The Kier molecular flexibility index (Phi) is 4.45. The molecule has 10 nitrogen and oxygen atoms in total. The van der Waals surface area contributed by atoms with Crippen molar-refractivity contribution in [1.29, 1.82) is 0 Å². The molecule has 2 aromatic rings. The van der Waals surface area contributed by atoms with E-state index in [9.17, 15) is 19.2 Å². The molecule has 2 aliphatic rings. The largest absolute Gasteiger partial charge is 0.464 e. The fourth-order valence-electron chi connectivity index (χ4n) is 3.52. The first kappa shape index (κ1) is 18.5. The van der Waals surface area contributed by atoms with E-state index in [-0.39, 0.29) is 36.3 Å². The summed E-state index contributed by atoms with van der Waals surface area (Å²) >= 11 is 0. The van der Waals surface area contributed by atoms with E-state index in [1.54, 1.807) is 18.2 Å². The molecular formula is C19H17N5O5. The number of hydrogen-bond donors (Lipinski definition) is 2. The highest BCUT2D eigenvalue weighted by Gasteiger charge is 2.39. The minimum Gasteiger partial charge on any atom is -0.464 e. The Morgan fingerprint density at radius 1 is 1.31 bits per heavy atom. The second-order valence-electron chi connectivity index (χ2n) is 6.75. The maximum atomic E-state index is 12.8. The Bertz CT molecular complexity index is 1070. The van der Waals surface area contributed by atoms with Crippen LogP contribution in [0.5, 0.6) is 0 Å². The van der Waals surface area contributed by atoms with Gasteiger partial charge in [0, 0.05) is 24.1 Å². The van der Waals surface area contributed by atoms with Crippen molar-refractivity contribution >= 4 is 29.5 Å². The second kappa shape index (κ2) is 6.97. The fourth-order valence-corrected chi connectivity index (χ4v) is 3.52. The van der Waals surface area contributed by atoms with Crippen LogP contribution in [0.25, 0.3) is 11.3 Å². The van der Waals surface area contributed by atoms with Gasteiger partial charge in [-0.05, 0) is 24.1 Å². The number of nitrogens with one attached hydrogen (secondary N) is 1. The van der Waals surface area contributed by atoms with Gasteiger partial charge in [0.1, 0.15) is 6.04 Å². The lowest BCUT2D eigenvalue weighted by Crippen LogP contribution is -2.52. The fraction of sp³-hybridized carbons (Fsp3) is 0.263. The number of ether oxygens (including phenoxy) is 1. The summed E-state index contributed by atoms with van der Waals surface area (Å²) in [5.41, 5.74) is 7.83. The molecular weight excluding hydrogens is 378 g/mol. The van der Waals surface area contributed by atoms with Gasteiger partial charge < -0.3 is 15.4 Å². The minimum atomic E-state index is -0.697. The number of anilines is 1. The number of esters is 1. The number of nitrogens with zero attached hydrogens (tertiary/aromatic N) is 3. The smallest absolute Gasteiger partial charge is 0.360 e. The summed E-state index contributed by atoms with van der Waals surface area (Å²) < 4.78 is 4.66. The van der Waals surface area contributed by atoms with Crippen molar-refractivity contribution in [1.82, 2.24) is 20.2 Å². The third-order valence-corrected chi connectivity index (χ3v) is 5.00. The molecule has 4 rings (SSSR count). The van der Waals surface area contributed by atoms with Crippen molar-refractivity contribution in [2.24, 2.45) is 0 Å². The Labute approximate surface area is 165 Å². The molecule has 10 heteroatoms. The lowest BCUT2D eigenvalue weighted by molar-refractivity contribution is -0.136. The summed E-state index contributed by atoms with van der Waals surface area (Å²) in [4.78, 5) is 57.7. The number of rotatable bonds is 3. The third kappa shape index (κ3) is 3.18. The number of aromatic nitrogens is 2. The van der Waals surface area contributed by atoms with Crippen LogP contribution in [0.1, 0.15) is 39.3 Å². The number of hydrogen-bond acceptors (Lipinski definition) is 8. The highest BCUT2D eigenvalue weighted by atomic mass is 16.5. The average Bonchev–Trinajstić information content (AvgIpc) is 3.03. The number of carbonyl (C=O) groups is 4. The average molecular weight is 395 g/mol. The number of nitrogens with two attached hydrogens (primary N) is 1. The summed E-state index contributed by atoms with van der Waals surface area (Å²) in [6, 6.07) is 4.42. The van der Waals surface area contributed by atoms with Gasteiger partial charge in [-0.2, -0.15) is 0 Å². The molecule has 148 valence electrons. The molecule has 0 bridgehead atoms. The van der Waals surface area contributed by atoms with Gasteiger partial charge in [0.05, 0.1) is 19.0 Å². The van der Waals surface area contributed by atoms with Crippen LogP contribution in [0.15, 0.2) is 24.4 Å². The van der Waals surface area contributed by atoms with Crippen LogP contribution in [-0.4, -0.2) is 51.7 Å². The lowest BCUT2D eigenvalue weighted by Gasteiger charge is -2.29. The van der Waals surface area contributed by atoms with E-state index in [4.69, 9.17) is 5.73 Å². The molecule has 29 heavy (non-hydrogen) atoms. The molecule has 2 aliphatic heterocycles. The molecule has 0 spiro atoms. The van der Waals surface area contributed by atoms with Gasteiger partial charge in [-0.3, -0.25) is 19.7 Å². The number of carbonyl (C=O) groups excluding carboxylic acids is 4. The molecule has 0 saturated carbocycles. The number of amides is 3. The second-order valence-corrected chi connectivity index (χ2v) is 6.75. The predicted molar refractivity (Wildman–Crippen MR) is 99.3 cm³/mol. The van der Waals surface area contributed by atoms with E-state index < -0.39 is 17.9 Å². The maximum Gasteiger partial charge on any atom is 0.360 e. The number of imide groups is 1. The van der Waals surface area contributed by atoms with Gasteiger partial charge >= 0.3 is 5.97 Å². The van der Waals surface area contributed by atoms with E-state index in [2.05, 4.69) is 20.0 Å². The van der Waals surface area contributed by atoms with Crippen LogP contribution >= 0.6 is 0 Å². The van der Waals surface area contributed by atoms with Gasteiger partial charge in [0.2, 0.25) is 11.8 Å². The highest BCUT2D eigenvalue weighted by Crippen LogP contribution is 2.30. The van der Waals surface area contributed by atoms with Gasteiger partial charge in [0.25, 0.3) is 5.91 Å². The molecule has 0 aliphatic carbocycles. The van der Waals surface area contributed by atoms with Crippen LogP contribution in [0.3, 0.4) is 0 Å². The molecule has 0 radical (unpaired) electrons. The van der Waals surface area contributed by atoms with Crippen molar-refractivity contribution in [2.75, 3.05) is 12.8 Å². The number of nitrogen functional groups attached to an aromatic ring is 1. The zero-order chi connectivity index (χ0) is 20.7. The summed E-state index contributed by atoms with van der Waals surface area (Å²) in [6.45, 7) is 0.237. The summed E-state index contributed by atoms with van der Waals surface area (Å²) in [6.07, 6.45) is 1.92. The number of benzene rings is 1. The normalized spacial score (nSPS) is 18.4. The monoisotopic (exact) mass is 395 g/mol. The van der Waals surface area contributed by atoms with E-state index in [1.807, 2.05) is 0 Å². The quantitative estimate of drug-likeness (QED) is 0.557. The summed E-state index contributed by atoms with van der Waals surface area (Å²) in [5.74, 6) is -1.80. The van der Waals surface area contributed by atoms with E-state index in [0.717, 1.165) is 5.56 Å². The van der Waals surface area contributed by atoms with Crippen molar-refractivity contribution in [3.8, 4) is 11.3 Å². The zero-order valence-electron chi connectivity index (χ0n) is 15.5. The van der Waals surface area contributed by atoms with Gasteiger partial charge in [0.15, 0.2) is 11.5 Å². The van der Waals surface area contributed by atoms with Crippen LogP contribution in [0, 0.1) is 0 Å². The van der Waals surface area contributed by atoms with Crippen LogP contribution < -0.4 is 11.1 Å². The molecule has 1 saturated heterocycles. The molecule has 3 N–H and O–H groups in total. The number of fused-ring (bicyclic) bond motifs is 1. The molecule has 3 heterocycles. The van der Waals surface area contributed by atoms with E-state index in [0.29, 0.717) is 23.2 Å². The minimum absolute atomic E-state index is 0.0408. The molecule has 1 unspecified atom stereocenters. The highest BCUT2D eigenvalue weighted by molar-refractivity contribution is 6.05. The number of piperidine rings is 1. The topological polar surface area (TPSA) is 145 Å². The third-order valence-electron chi connectivity index (χ3n) is 5.00. The summed E-state index contributed by atoms with van der Waals surface area (Å²) in [7, 11) is 1.22. The van der Waals surface area contributed by atoms with Crippen molar-refractivity contribution in [3.63, 3.8) is 0 Å². The predicted octanol–water partition coefficient (Wildman–Crippen LogP) is 0.273. The Morgan fingerprint density at radius 3 is 2.83 bits per heavy atom. The molecule has 1 aromatic carbocycles. The molecule has 3 amide bonds.